The lowest BCUT2D eigenvalue weighted by atomic mass is 10.1. The van der Waals surface area contributed by atoms with Crippen molar-refractivity contribution in [2.24, 2.45) is 0 Å². The maximum Gasteiger partial charge on any atom is 0.289 e. The van der Waals surface area contributed by atoms with E-state index in [0.29, 0.717) is 13.1 Å². The predicted octanol–water partition coefficient (Wildman–Crippen LogP) is 3.33. The third-order valence-electron chi connectivity index (χ3n) is 3.99. The Morgan fingerprint density at radius 3 is 1.95 bits per heavy atom. The van der Waals surface area contributed by atoms with Gasteiger partial charge in [-0.05, 0) is 18.9 Å². The monoisotopic (exact) mass is 326 g/mol. The van der Waals surface area contributed by atoms with Gasteiger partial charge >= 0.3 is 0 Å². The lowest BCUT2D eigenvalue weighted by Gasteiger charge is -2.23. The highest BCUT2D eigenvalue weighted by molar-refractivity contribution is 7.89. The molecule has 1 aromatic rings. The summed E-state index contributed by atoms with van der Waals surface area (Å²) in [5.74, 6) is 0. The zero-order chi connectivity index (χ0) is 16.0. The number of para-hydroxylation sites is 1. The number of rotatable bonds is 3. The highest BCUT2D eigenvalue weighted by Gasteiger charge is 2.30. The average Bonchev–Trinajstić information content (AvgIpc) is 2.52. The highest BCUT2D eigenvalue weighted by Crippen LogP contribution is 2.27. The molecule has 0 aliphatic carbocycles. The van der Waals surface area contributed by atoms with Gasteiger partial charge < -0.3 is 0 Å². The fourth-order valence-electron chi connectivity index (χ4n) is 2.78. The van der Waals surface area contributed by atoms with E-state index in [1.165, 1.54) is 35.0 Å². The molecule has 6 nitrogen and oxygen atoms in total. The average molecular weight is 326 g/mol. The Morgan fingerprint density at radius 2 is 1.41 bits per heavy atom. The van der Waals surface area contributed by atoms with Crippen LogP contribution in [-0.4, -0.2) is 30.7 Å². The first kappa shape index (κ1) is 16.9. The summed E-state index contributed by atoms with van der Waals surface area (Å²) in [6.07, 6.45) is 7.07. The van der Waals surface area contributed by atoms with Crippen LogP contribution in [0, 0.1) is 10.1 Å². The minimum Gasteiger partial charge on any atom is -0.258 e. The Labute approximate surface area is 131 Å². The quantitative estimate of drug-likeness (QED) is 0.630. The van der Waals surface area contributed by atoms with Crippen LogP contribution >= 0.6 is 0 Å². The van der Waals surface area contributed by atoms with Crippen molar-refractivity contribution >= 4 is 15.7 Å². The largest absolute Gasteiger partial charge is 0.289 e. The van der Waals surface area contributed by atoms with Crippen molar-refractivity contribution in [1.29, 1.82) is 0 Å². The van der Waals surface area contributed by atoms with Crippen LogP contribution in [0.2, 0.25) is 0 Å². The Hall–Kier alpha value is -1.47. The zero-order valence-electron chi connectivity index (χ0n) is 12.6. The summed E-state index contributed by atoms with van der Waals surface area (Å²) in [6.45, 7) is 0.878. The summed E-state index contributed by atoms with van der Waals surface area (Å²) in [7, 11) is -3.81. The van der Waals surface area contributed by atoms with Crippen LogP contribution in [0.3, 0.4) is 0 Å². The van der Waals surface area contributed by atoms with Gasteiger partial charge in [0.05, 0.1) is 4.92 Å². The van der Waals surface area contributed by atoms with E-state index in [-0.39, 0.29) is 10.6 Å². The number of hydrogen-bond donors (Lipinski definition) is 0. The molecule has 1 saturated heterocycles. The van der Waals surface area contributed by atoms with Crippen molar-refractivity contribution in [1.82, 2.24) is 4.31 Å². The summed E-state index contributed by atoms with van der Waals surface area (Å²) in [4.78, 5) is 10.3. The Balaban J connectivity index is 2.28. The molecule has 0 spiro atoms. The molecule has 1 aromatic carbocycles. The van der Waals surface area contributed by atoms with Crippen LogP contribution in [0.15, 0.2) is 29.2 Å². The molecule has 0 N–H and O–H groups in total. The summed E-state index contributed by atoms with van der Waals surface area (Å²) < 4.78 is 27.0. The van der Waals surface area contributed by atoms with E-state index >= 15 is 0 Å². The third-order valence-corrected chi connectivity index (χ3v) is 5.94. The molecule has 2 rings (SSSR count). The molecule has 122 valence electrons. The maximum atomic E-state index is 12.8. The minimum absolute atomic E-state index is 0.197. The van der Waals surface area contributed by atoms with E-state index in [0.717, 1.165) is 38.5 Å². The molecule has 1 aliphatic heterocycles. The van der Waals surface area contributed by atoms with Crippen molar-refractivity contribution in [2.45, 2.75) is 49.8 Å². The van der Waals surface area contributed by atoms with E-state index < -0.39 is 14.9 Å². The normalized spacial score (nSPS) is 18.7. The number of nitrogens with zero attached hydrogens (tertiary/aromatic N) is 2. The first-order valence-electron chi connectivity index (χ1n) is 7.77. The van der Waals surface area contributed by atoms with Crippen molar-refractivity contribution in [2.75, 3.05) is 13.1 Å². The van der Waals surface area contributed by atoms with Crippen molar-refractivity contribution in [3.8, 4) is 0 Å². The van der Waals surface area contributed by atoms with Crippen molar-refractivity contribution < 1.29 is 13.3 Å². The van der Waals surface area contributed by atoms with Gasteiger partial charge in [0.15, 0.2) is 4.90 Å². The molecular formula is C15H22N2O4S. The molecule has 0 saturated carbocycles. The molecule has 22 heavy (non-hydrogen) atoms. The molecule has 0 amide bonds. The van der Waals surface area contributed by atoms with Gasteiger partial charge in [0.1, 0.15) is 0 Å². The Bertz CT molecular complexity index is 606. The molecule has 0 aromatic heterocycles. The second kappa shape index (κ2) is 7.69. The van der Waals surface area contributed by atoms with Crippen molar-refractivity contribution in [3.63, 3.8) is 0 Å². The summed E-state index contributed by atoms with van der Waals surface area (Å²) >= 11 is 0. The fraction of sp³-hybridized carbons (Fsp3) is 0.600. The second-order valence-electron chi connectivity index (χ2n) is 5.60. The molecule has 0 atom stereocenters. The molecule has 0 bridgehead atoms. The van der Waals surface area contributed by atoms with E-state index in [4.69, 9.17) is 0 Å². The lowest BCUT2D eigenvalue weighted by Crippen LogP contribution is -2.33. The number of nitro benzene ring substituents is 1. The van der Waals surface area contributed by atoms with E-state index in [9.17, 15) is 18.5 Å². The first-order chi connectivity index (χ1) is 10.5. The van der Waals surface area contributed by atoms with Crippen LogP contribution < -0.4 is 0 Å². The van der Waals surface area contributed by atoms with Crippen LogP contribution in [0.25, 0.3) is 0 Å². The first-order valence-corrected chi connectivity index (χ1v) is 9.21. The lowest BCUT2D eigenvalue weighted by molar-refractivity contribution is -0.387. The van der Waals surface area contributed by atoms with Gasteiger partial charge in [0.25, 0.3) is 5.69 Å². The molecule has 0 radical (unpaired) electrons. The van der Waals surface area contributed by atoms with Gasteiger partial charge in [-0.25, -0.2) is 8.42 Å². The molecule has 7 heteroatoms. The molecule has 1 fully saturated rings. The Kier molecular flexibility index (Phi) is 5.90. The molecule has 1 aliphatic rings. The number of nitro groups is 1. The minimum atomic E-state index is -3.81. The van der Waals surface area contributed by atoms with Gasteiger partial charge in [0, 0.05) is 19.2 Å². The van der Waals surface area contributed by atoms with Gasteiger partial charge in [-0.3, -0.25) is 10.1 Å². The van der Waals surface area contributed by atoms with Crippen LogP contribution in [0.1, 0.15) is 44.9 Å². The summed E-state index contributed by atoms with van der Waals surface area (Å²) in [6, 6.07) is 5.58. The SMILES string of the molecule is O=[N+]([O-])c1ccccc1S(=O)(=O)N1CCCCCCCCC1. The summed E-state index contributed by atoms with van der Waals surface area (Å²) in [5, 5.41) is 11.1. The third kappa shape index (κ3) is 4.04. The Morgan fingerprint density at radius 1 is 0.909 bits per heavy atom. The molecule has 1 heterocycles. The van der Waals surface area contributed by atoms with Crippen LogP contribution in [0.4, 0.5) is 5.69 Å². The maximum absolute atomic E-state index is 12.8. The molecule has 0 unspecified atom stereocenters. The van der Waals surface area contributed by atoms with Crippen molar-refractivity contribution in [3.05, 3.63) is 34.4 Å². The number of sulfonamides is 1. The van der Waals surface area contributed by atoms with Gasteiger partial charge in [-0.15, -0.1) is 0 Å². The van der Waals surface area contributed by atoms with Gasteiger partial charge in [-0.1, -0.05) is 44.2 Å². The van der Waals surface area contributed by atoms with E-state index in [1.54, 1.807) is 0 Å². The summed E-state index contributed by atoms with van der Waals surface area (Å²) in [5.41, 5.74) is -0.348. The number of benzene rings is 1. The van der Waals surface area contributed by atoms with E-state index in [2.05, 4.69) is 0 Å². The van der Waals surface area contributed by atoms with Crippen LogP contribution in [0.5, 0.6) is 0 Å². The molecular weight excluding hydrogens is 304 g/mol. The van der Waals surface area contributed by atoms with Crippen LogP contribution in [-0.2, 0) is 10.0 Å². The topological polar surface area (TPSA) is 80.5 Å². The van der Waals surface area contributed by atoms with E-state index in [1.807, 2.05) is 0 Å². The zero-order valence-corrected chi connectivity index (χ0v) is 13.4. The fourth-order valence-corrected chi connectivity index (χ4v) is 4.45. The van der Waals surface area contributed by atoms with Gasteiger partial charge in [0.2, 0.25) is 10.0 Å². The standard InChI is InChI=1S/C15H22N2O4S/c18-17(19)14-10-6-7-11-15(14)22(20,21)16-12-8-4-2-1-3-5-9-13-16/h6-7,10-11H,1-5,8-9,12-13H2. The number of hydrogen-bond acceptors (Lipinski definition) is 4. The predicted molar refractivity (Wildman–Crippen MR) is 84.2 cm³/mol. The highest BCUT2D eigenvalue weighted by atomic mass is 32.2. The second-order valence-corrected chi connectivity index (χ2v) is 7.51. The van der Waals surface area contributed by atoms with Gasteiger partial charge in [-0.2, -0.15) is 4.31 Å². The smallest absolute Gasteiger partial charge is 0.258 e.